The quantitative estimate of drug-likeness (QED) is 0.184. The van der Waals surface area contributed by atoms with Gasteiger partial charge in [0.1, 0.15) is 8.96 Å². The highest BCUT2D eigenvalue weighted by molar-refractivity contribution is 7.32. The SMILES string of the molecule is [B]NPOC(=O)NC(=N)NC(=O)[C@H]1CCNC1. The molecule has 2 radical (unpaired) electrons. The van der Waals surface area contributed by atoms with Gasteiger partial charge in [0.05, 0.1) is 5.92 Å². The van der Waals surface area contributed by atoms with E-state index in [1.807, 2.05) is 0 Å². The molecule has 92 valence electrons. The van der Waals surface area contributed by atoms with Gasteiger partial charge in [-0.25, -0.2) is 4.79 Å². The predicted octanol–water partition coefficient (Wildman–Crippen LogP) is -1.45. The van der Waals surface area contributed by atoms with Gasteiger partial charge in [-0.3, -0.25) is 20.8 Å². The Labute approximate surface area is 101 Å². The predicted molar refractivity (Wildman–Crippen MR) is 63.7 cm³/mol. The molecule has 0 bridgehead atoms. The molecule has 0 saturated carbocycles. The van der Waals surface area contributed by atoms with Crippen molar-refractivity contribution in [2.75, 3.05) is 13.1 Å². The standard InChI is InChI=1S/C7H13BN5O3P/c8-13-17-16-7(15)12-6(9)11-5(14)4-1-2-10-3-4/h4,10,13,17H,1-3H2,(H3,9,11,12,14,15)/t4-/m0/s1. The summed E-state index contributed by atoms with van der Waals surface area (Å²) in [5, 5.41) is 14.7. The average Bonchev–Trinajstić information content (AvgIpc) is 2.79. The summed E-state index contributed by atoms with van der Waals surface area (Å²) >= 11 is 0. The fourth-order valence-corrected chi connectivity index (χ4v) is 1.54. The zero-order valence-corrected chi connectivity index (χ0v) is 10.0. The van der Waals surface area contributed by atoms with E-state index >= 15 is 0 Å². The maximum absolute atomic E-state index is 11.5. The molecule has 0 aliphatic carbocycles. The third-order valence-corrected chi connectivity index (χ3v) is 2.51. The Hall–Kier alpha value is -1.18. The van der Waals surface area contributed by atoms with E-state index < -0.39 is 21.0 Å². The third kappa shape index (κ3) is 5.12. The number of amides is 2. The number of nitrogens with one attached hydrogen (secondary N) is 5. The maximum Gasteiger partial charge on any atom is 0.417 e. The molecule has 5 N–H and O–H groups in total. The number of rotatable bonds is 3. The molecule has 1 heterocycles. The number of hydrogen-bond acceptors (Lipinski definition) is 6. The lowest BCUT2D eigenvalue weighted by molar-refractivity contribution is -0.123. The molecule has 0 aromatic rings. The van der Waals surface area contributed by atoms with Crippen LogP contribution in [0.1, 0.15) is 6.42 Å². The lowest BCUT2D eigenvalue weighted by Crippen LogP contribution is -2.45. The van der Waals surface area contributed by atoms with Crippen LogP contribution in [-0.4, -0.2) is 39.0 Å². The van der Waals surface area contributed by atoms with Crippen LogP contribution in [-0.2, 0) is 9.32 Å². The number of carbonyl (C=O) groups excluding carboxylic acids is 2. The van der Waals surface area contributed by atoms with Crippen molar-refractivity contribution in [3.63, 3.8) is 0 Å². The summed E-state index contributed by atoms with van der Waals surface area (Å²) in [4.78, 5) is 24.7. The summed E-state index contributed by atoms with van der Waals surface area (Å²) in [6.45, 7) is 1.37. The molecule has 1 aliphatic rings. The molecule has 1 aliphatic heterocycles. The zero-order valence-electron chi connectivity index (χ0n) is 9.00. The van der Waals surface area contributed by atoms with E-state index in [0.29, 0.717) is 6.54 Å². The first-order chi connectivity index (χ1) is 8.13. The minimum absolute atomic E-state index is 0.166. The second-order valence-electron chi connectivity index (χ2n) is 3.31. The smallest absolute Gasteiger partial charge is 0.416 e. The molecule has 2 amide bonds. The molecule has 1 fully saturated rings. The van der Waals surface area contributed by atoms with Gasteiger partial charge in [-0.1, -0.05) is 0 Å². The monoisotopic (exact) mass is 257 g/mol. The fraction of sp³-hybridized carbons (Fsp3) is 0.571. The first-order valence-electron chi connectivity index (χ1n) is 4.92. The van der Waals surface area contributed by atoms with Crippen molar-refractivity contribution < 1.29 is 14.1 Å². The Morgan fingerprint density at radius 3 is 2.82 bits per heavy atom. The summed E-state index contributed by atoms with van der Waals surface area (Å²) < 4.78 is 4.51. The van der Waals surface area contributed by atoms with Gasteiger partial charge in [0, 0.05) is 6.54 Å². The fourth-order valence-electron chi connectivity index (χ4n) is 1.34. The Bertz CT molecular complexity index is 310. The van der Waals surface area contributed by atoms with E-state index in [2.05, 4.69) is 25.5 Å². The lowest BCUT2D eigenvalue weighted by atomic mass is 10.1. The normalized spacial score (nSPS) is 19.2. The van der Waals surface area contributed by atoms with Crippen LogP contribution < -0.4 is 20.9 Å². The first-order valence-corrected chi connectivity index (χ1v) is 5.83. The second-order valence-corrected chi connectivity index (χ2v) is 4.01. The van der Waals surface area contributed by atoms with Gasteiger partial charge < -0.3 is 14.8 Å². The second kappa shape index (κ2) is 7.21. The highest BCUT2D eigenvalue weighted by atomic mass is 31.1. The summed E-state index contributed by atoms with van der Waals surface area (Å²) in [5.74, 6) is -0.867. The summed E-state index contributed by atoms with van der Waals surface area (Å²) in [6, 6.07) is 0. The van der Waals surface area contributed by atoms with E-state index in [9.17, 15) is 9.59 Å². The van der Waals surface area contributed by atoms with E-state index in [1.165, 1.54) is 0 Å². The third-order valence-electron chi connectivity index (χ3n) is 2.11. The lowest BCUT2D eigenvalue weighted by Gasteiger charge is -2.11. The van der Waals surface area contributed by atoms with Gasteiger partial charge in [0.2, 0.25) is 11.9 Å². The zero-order chi connectivity index (χ0) is 12.7. The Morgan fingerprint density at radius 1 is 1.47 bits per heavy atom. The molecular formula is C7H13BN5O3P. The highest BCUT2D eigenvalue weighted by Gasteiger charge is 2.23. The molecule has 8 nitrogen and oxygen atoms in total. The summed E-state index contributed by atoms with van der Waals surface area (Å²) in [6.07, 6.45) is -0.127. The Kier molecular flexibility index (Phi) is 5.89. The Morgan fingerprint density at radius 2 is 2.24 bits per heavy atom. The van der Waals surface area contributed by atoms with Crippen molar-refractivity contribution in [2.24, 2.45) is 5.92 Å². The van der Waals surface area contributed by atoms with Crippen molar-refractivity contribution in [1.82, 2.24) is 20.9 Å². The van der Waals surface area contributed by atoms with E-state index in [-0.39, 0.29) is 11.8 Å². The van der Waals surface area contributed by atoms with Crippen LogP contribution in [0.5, 0.6) is 0 Å². The topological polar surface area (TPSA) is 115 Å². The molecule has 0 aromatic carbocycles. The maximum atomic E-state index is 11.5. The molecule has 10 heteroatoms. The van der Waals surface area contributed by atoms with Crippen molar-refractivity contribution in [1.29, 1.82) is 5.41 Å². The minimum atomic E-state index is -0.851. The Balaban J connectivity index is 2.23. The van der Waals surface area contributed by atoms with E-state index in [1.54, 1.807) is 0 Å². The van der Waals surface area contributed by atoms with Crippen molar-refractivity contribution in [2.45, 2.75) is 6.42 Å². The van der Waals surface area contributed by atoms with Crippen LogP contribution in [0.2, 0.25) is 0 Å². The minimum Gasteiger partial charge on any atom is -0.416 e. The van der Waals surface area contributed by atoms with Crippen LogP contribution in [0.4, 0.5) is 4.79 Å². The van der Waals surface area contributed by atoms with Gasteiger partial charge >= 0.3 is 6.09 Å². The van der Waals surface area contributed by atoms with Crippen LogP contribution in [0.15, 0.2) is 0 Å². The molecule has 0 aromatic heterocycles. The molecule has 1 unspecified atom stereocenters. The summed E-state index contributed by atoms with van der Waals surface area (Å²) in [5.41, 5.74) is 0. The van der Waals surface area contributed by atoms with Crippen LogP contribution in [0, 0.1) is 11.3 Å². The van der Waals surface area contributed by atoms with E-state index in [0.717, 1.165) is 13.0 Å². The summed E-state index contributed by atoms with van der Waals surface area (Å²) in [7, 11) is 4.49. The van der Waals surface area contributed by atoms with Gasteiger partial charge in [-0.15, -0.1) is 0 Å². The average molecular weight is 257 g/mol. The largest absolute Gasteiger partial charge is 0.417 e. The van der Waals surface area contributed by atoms with E-state index in [4.69, 9.17) is 13.4 Å². The number of hydrogen-bond donors (Lipinski definition) is 5. The molecule has 2 atom stereocenters. The van der Waals surface area contributed by atoms with Crippen LogP contribution in [0.3, 0.4) is 0 Å². The van der Waals surface area contributed by atoms with Crippen molar-refractivity contribution in [3.8, 4) is 0 Å². The molecule has 0 spiro atoms. The molecule has 17 heavy (non-hydrogen) atoms. The molecule has 1 rings (SSSR count). The van der Waals surface area contributed by atoms with Gasteiger partial charge in [-0.05, 0) is 13.0 Å². The van der Waals surface area contributed by atoms with Crippen LogP contribution >= 0.6 is 8.96 Å². The molecular weight excluding hydrogens is 244 g/mol. The van der Waals surface area contributed by atoms with Gasteiger partial charge in [-0.2, -0.15) is 0 Å². The number of guanidine groups is 1. The van der Waals surface area contributed by atoms with Gasteiger partial charge in [0.25, 0.3) is 0 Å². The number of carbonyl (C=O) groups is 2. The van der Waals surface area contributed by atoms with Gasteiger partial charge in [0.15, 0.2) is 7.98 Å². The van der Waals surface area contributed by atoms with Crippen LogP contribution in [0.25, 0.3) is 0 Å². The van der Waals surface area contributed by atoms with Crippen molar-refractivity contribution >= 4 is 34.9 Å². The highest BCUT2D eigenvalue weighted by Crippen LogP contribution is 2.06. The molecule has 1 saturated heterocycles. The van der Waals surface area contributed by atoms with Crippen molar-refractivity contribution in [3.05, 3.63) is 0 Å². The first kappa shape index (κ1) is 13.9.